The van der Waals surface area contributed by atoms with Crippen molar-refractivity contribution in [2.24, 2.45) is 0 Å². The lowest BCUT2D eigenvalue weighted by Gasteiger charge is -2.17. The van der Waals surface area contributed by atoms with Crippen molar-refractivity contribution >= 4 is 49.4 Å². The Hall–Kier alpha value is -1.85. The standard InChI is InChI=1S/C16H14N2OS2/c1-9-6-10-2-4-18(12(10)7-11(9)17)16(19)15-8-14-13(21-15)3-5-20-14/h3,5-8H,2,4,17H2,1H3. The molecule has 4 rings (SSSR count). The number of carbonyl (C=O) groups is 1. The summed E-state index contributed by atoms with van der Waals surface area (Å²) >= 11 is 3.25. The second kappa shape index (κ2) is 4.58. The highest BCUT2D eigenvalue weighted by molar-refractivity contribution is 7.27. The van der Waals surface area contributed by atoms with Gasteiger partial charge in [-0.3, -0.25) is 4.79 Å². The molecule has 0 unspecified atom stereocenters. The zero-order chi connectivity index (χ0) is 14.6. The van der Waals surface area contributed by atoms with Crippen LogP contribution in [0.3, 0.4) is 0 Å². The van der Waals surface area contributed by atoms with Crippen LogP contribution in [0, 0.1) is 6.92 Å². The number of fused-ring (bicyclic) bond motifs is 2. The van der Waals surface area contributed by atoms with Crippen molar-refractivity contribution in [3.8, 4) is 0 Å². The molecule has 3 aromatic rings. The van der Waals surface area contributed by atoms with Crippen molar-refractivity contribution in [1.29, 1.82) is 0 Å². The number of rotatable bonds is 1. The van der Waals surface area contributed by atoms with Crippen LogP contribution in [0.2, 0.25) is 0 Å². The Bertz CT molecular complexity index is 834. The first kappa shape index (κ1) is 12.9. The van der Waals surface area contributed by atoms with Gasteiger partial charge < -0.3 is 10.6 Å². The zero-order valence-corrected chi connectivity index (χ0v) is 13.2. The van der Waals surface area contributed by atoms with Gasteiger partial charge in [0, 0.05) is 27.3 Å². The molecule has 2 N–H and O–H groups in total. The van der Waals surface area contributed by atoms with Crippen LogP contribution in [0.1, 0.15) is 20.8 Å². The fourth-order valence-corrected chi connectivity index (χ4v) is 4.85. The molecular formula is C16H14N2OS2. The van der Waals surface area contributed by atoms with Crippen molar-refractivity contribution in [3.63, 3.8) is 0 Å². The lowest BCUT2D eigenvalue weighted by molar-refractivity contribution is 0.0993. The number of thiophene rings is 2. The summed E-state index contributed by atoms with van der Waals surface area (Å²) in [5, 5.41) is 2.06. The molecule has 3 nitrogen and oxygen atoms in total. The summed E-state index contributed by atoms with van der Waals surface area (Å²) in [5.41, 5.74) is 10.0. The minimum absolute atomic E-state index is 0.0883. The summed E-state index contributed by atoms with van der Waals surface area (Å²) < 4.78 is 2.37. The Kier molecular flexibility index (Phi) is 2.80. The number of nitrogens with two attached hydrogens (primary N) is 1. The van der Waals surface area contributed by atoms with Gasteiger partial charge >= 0.3 is 0 Å². The first-order valence-corrected chi connectivity index (χ1v) is 8.51. The largest absolute Gasteiger partial charge is 0.398 e. The summed E-state index contributed by atoms with van der Waals surface area (Å²) in [7, 11) is 0. The number of nitrogens with zero attached hydrogens (tertiary/aromatic N) is 1. The Balaban J connectivity index is 1.74. The van der Waals surface area contributed by atoms with E-state index in [0.29, 0.717) is 0 Å². The number of aryl methyl sites for hydroxylation is 1. The maximum atomic E-state index is 12.8. The van der Waals surface area contributed by atoms with Crippen LogP contribution < -0.4 is 10.6 Å². The van der Waals surface area contributed by atoms with Gasteiger partial charge in [-0.25, -0.2) is 0 Å². The third-order valence-electron chi connectivity index (χ3n) is 3.96. The van der Waals surface area contributed by atoms with Gasteiger partial charge in [0.2, 0.25) is 0 Å². The topological polar surface area (TPSA) is 46.3 Å². The van der Waals surface area contributed by atoms with Crippen molar-refractivity contribution in [3.05, 3.63) is 45.6 Å². The second-order valence-electron chi connectivity index (χ2n) is 5.30. The molecule has 0 fully saturated rings. The minimum atomic E-state index is 0.0883. The molecule has 3 heterocycles. The van der Waals surface area contributed by atoms with E-state index in [1.807, 2.05) is 24.0 Å². The van der Waals surface area contributed by atoms with Crippen LogP contribution in [0.4, 0.5) is 11.4 Å². The molecule has 1 aromatic carbocycles. The molecule has 5 heteroatoms. The molecule has 0 bridgehead atoms. The van der Waals surface area contributed by atoms with E-state index in [1.54, 1.807) is 22.7 Å². The Labute approximate surface area is 130 Å². The summed E-state index contributed by atoms with van der Waals surface area (Å²) in [5.74, 6) is 0.0883. The molecule has 21 heavy (non-hydrogen) atoms. The molecule has 106 valence electrons. The van der Waals surface area contributed by atoms with Crippen LogP contribution in [-0.2, 0) is 6.42 Å². The molecule has 1 amide bonds. The van der Waals surface area contributed by atoms with E-state index >= 15 is 0 Å². The van der Waals surface area contributed by atoms with Crippen LogP contribution in [0.25, 0.3) is 9.40 Å². The first-order valence-electron chi connectivity index (χ1n) is 6.81. The molecule has 2 aromatic heterocycles. The summed E-state index contributed by atoms with van der Waals surface area (Å²) in [6.45, 7) is 2.75. The van der Waals surface area contributed by atoms with Crippen molar-refractivity contribution < 1.29 is 4.79 Å². The molecule has 0 saturated heterocycles. The number of benzene rings is 1. The Morgan fingerprint density at radius 2 is 2.14 bits per heavy atom. The fourth-order valence-electron chi connectivity index (χ4n) is 2.79. The predicted octanol–water partition coefficient (Wildman–Crippen LogP) is 4.06. The highest BCUT2D eigenvalue weighted by Crippen LogP contribution is 2.36. The van der Waals surface area contributed by atoms with E-state index in [2.05, 4.69) is 17.5 Å². The molecule has 1 aliphatic heterocycles. The van der Waals surface area contributed by atoms with Crippen LogP contribution in [0.5, 0.6) is 0 Å². The molecule has 1 aliphatic rings. The second-order valence-corrected chi connectivity index (χ2v) is 7.34. The highest BCUT2D eigenvalue weighted by atomic mass is 32.1. The summed E-state index contributed by atoms with van der Waals surface area (Å²) in [4.78, 5) is 15.4. The summed E-state index contributed by atoms with van der Waals surface area (Å²) in [6, 6.07) is 8.11. The van der Waals surface area contributed by atoms with E-state index in [-0.39, 0.29) is 5.91 Å². The van der Waals surface area contributed by atoms with Gasteiger partial charge in [0.15, 0.2) is 0 Å². The minimum Gasteiger partial charge on any atom is -0.398 e. The lowest BCUT2D eigenvalue weighted by atomic mass is 10.1. The normalized spacial score (nSPS) is 13.9. The third kappa shape index (κ3) is 1.96. The van der Waals surface area contributed by atoms with Crippen LogP contribution in [-0.4, -0.2) is 12.5 Å². The smallest absolute Gasteiger partial charge is 0.268 e. The average molecular weight is 314 g/mol. The molecule has 0 aliphatic carbocycles. The Morgan fingerprint density at radius 3 is 2.95 bits per heavy atom. The number of hydrogen-bond donors (Lipinski definition) is 1. The summed E-state index contributed by atoms with van der Waals surface area (Å²) in [6.07, 6.45) is 0.905. The SMILES string of the molecule is Cc1cc2c(cc1N)N(C(=O)c1cc3sccc3s1)CC2. The van der Waals surface area contributed by atoms with Gasteiger partial charge in [-0.05, 0) is 48.1 Å². The lowest BCUT2D eigenvalue weighted by Crippen LogP contribution is -2.28. The van der Waals surface area contributed by atoms with Crippen molar-refractivity contribution in [1.82, 2.24) is 0 Å². The number of nitrogen functional groups attached to an aromatic ring is 1. The van der Waals surface area contributed by atoms with Crippen LogP contribution in [0.15, 0.2) is 29.6 Å². The van der Waals surface area contributed by atoms with Gasteiger partial charge in [-0.1, -0.05) is 6.07 Å². The highest BCUT2D eigenvalue weighted by Gasteiger charge is 2.27. The molecule has 0 saturated carbocycles. The fraction of sp³-hybridized carbons (Fsp3) is 0.188. The zero-order valence-electron chi connectivity index (χ0n) is 11.6. The number of hydrogen-bond acceptors (Lipinski definition) is 4. The third-order valence-corrected chi connectivity index (χ3v) is 6.04. The maximum Gasteiger partial charge on any atom is 0.268 e. The van der Waals surface area contributed by atoms with Gasteiger partial charge in [0.25, 0.3) is 5.91 Å². The molecule has 0 radical (unpaired) electrons. The van der Waals surface area contributed by atoms with E-state index in [1.165, 1.54) is 15.0 Å². The van der Waals surface area contributed by atoms with E-state index in [0.717, 1.165) is 34.8 Å². The Morgan fingerprint density at radius 1 is 1.29 bits per heavy atom. The molecule has 0 spiro atoms. The molecule has 0 atom stereocenters. The van der Waals surface area contributed by atoms with Gasteiger partial charge in [0.05, 0.1) is 4.88 Å². The number of anilines is 2. The first-order chi connectivity index (χ1) is 10.1. The van der Waals surface area contributed by atoms with Gasteiger partial charge in [-0.2, -0.15) is 0 Å². The van der Waals surface area contributed by atoms with E-state index in [4.69, 9.17) is 5.73 Å². The quantitative estimate of drug-likeness (QED) is 0.689. The maximum absolute atomic E-state index is 12.8. The number of carbonyl (C=O) groups excluding carboxylic acids is 1. The van der Waals surface area contributed by atoms with Crippen LogP contribution >= 0.6 is 22.7 Å². The average Bonchev–Trinajstić information content (AvgIpc) is 3.12. The number of amides is 1. The molecular weight excluding hydrogens is 300 g/mol. The van der Waals surface area contributed by atoms with Gasteiger partial charge in [0.1, 0.15) is 0 Å². The predicted molar refractivity (Wildman–Crippen MR) is 90.7 cm³/mol. The van der Waals surface area contributed by atoms with Gasteiger partial charge in [-0.15, -0.1) is 22.7 Å². The van der Waals surface area contributed by atoms with E-state index in [9.17, 15) is 4.79 Å². The van der Waals surface area contributed by atoms with E-state index < -0.39 is 0 Å². The van der Waals surface area contributed by atoms with Crippen molar-refractivity contribution in [2.75, 3.05) is 17.2 Å². The monoisotopic (exact) mass is 314 g/mol. The van der Waals surface area contributed by atoms with Crippen molar-refractivity contribution in [2.45, 2.75) is 13.3 Å².